The van der Waals surface area contributed by atoms with E-state index in [2.05, 4.69) is 0 Å². The molecule has 3 nitrogen and oxygen atoms in total. The third kappa shape index (κ3) is 4.86. The minimum absolute atomic E-state index is 0.0893. The van der Waals surface area contributed by atoms with Gasteiger partial charge in [0.15, 0.2) is 0 Å². The summed E-state index contributed by atoms with van der Waals surface area (Å²) in [7, 11) is -0.362. The SMILES string of the molecule is CCOC(CCCN)[PH+]=O. The predicted octanol–water partition coefficient (Wildman–Crippen LogP) is 1.11. The van der Waals surface area contributed by atoms with Crippen LogP contribution in [0.5, 0.6) is 0 Å². The van der Waals surface area contributed by atoms with Crippen LogP contribution in [0.25, 0.3) is 0 Å². The molecular formula is C6H15NO2P+. The van der Waals surface area contributed by atoms with Crippen molar-refractivity contribution >= 4 is 8.46 Å². The van der Waals surface area contributed by atoms with Gasteiger partial charge in [0.1, 0.15) is 0 Å². The standard InChI is InChI=1S/C6H14NO2P/c1-2-9-6(10-8)4-3-5-7/h6H,2-5,7H2,1H3/p+1. The van der Waals surface area contributed by atoms with Crippen LogP contribution in [0, 0.1) is 0 Å². The second-order valence-corrected chi connectivity index (χ2v) is 2.87. The molecule has 0 aliphatic rings. The summed E-state index contributed by atoms with van der Waals surface area (Å²) in [4.78, 5) is 0. The van der Waals surface area contributed by atoms with Crippen molar-refractivity contribution in [3.63, 3.8) is 0 Å². The highest BCUT2D eigenvalue weighted by Crippen LogP contribution is 2.13. The van der Waals surface area contributed by atoms with E-state index in [9.17, 15) is 4.57 Å². The normalized spacial score (nSPS) is 13.8. The molecule has 2 atom stereocenters. The lowest BCUT2D eigenvalue weighted by atomic mass is 10.3. The molecule has 0 saturated heterocycles. The van der Waals surface area contributed by atoms with E-state index < -0.39 is 0 Å². The fraction of sp³-hybridized carbons (Fsp3) is 1.00. The van der Waals surface area contributed by atoms with Gasteiger partial charge in [0.25, 0.3) is 5.85 Å². The lowest BCUT2D eigenvalue weighted by Crippen LogP contribution is -2.08. The molecule has 2 unspecified atom stereocenters. The molecule has 0 aromatic carbocycles. The Bertz CT molecular complexity index is 89.8. The molecule has 0 rings (SSSR count). The zero-order valence-electron chi connectivity index (χ0n) is 6.30. The summed E-state index contributed by atoms with van der Waals surface area (Å²) in [6.45, 7) is 3.17. The largest absolute Gasteiger partial charge is 0.356 e. The van der Waals surface area contributed by atoms with Gasteiger partial charge in [-0.2, -0.15) is 0 Å². The van der Waals surface area contributed by atoms with E-state index in [1.807, 2.05) is 6.92 Å². The summed E-state index contributed by atoms with van der Waals surface area (Å²) < 4.78 is 15.5. The topological polar surface area (TPSA) is 52.3 Å². The predicted molar refractivity (Wildman–Crippen MR) is 42.7 cm³/mol. The summed E-state index contributed by atoms with van der Waals surface area (Å²) in [5, 5.41) is 0. The average Bonchev–Trinajstić information content (AvgIpc) is 1.98. The Morgan fingerprint density at radius 2 is 2.40 bits per heavy atom. The maximum Gasteiger partial charge on any atom is 0.356 e. The van der Waals surface area contributed by atoms with Crippen LogP contribution in [0.3, 0.4) is 0 Å². The number of rotatable bonds is 6. The van der Waals surface area contributed by atoms with Crippen molar-refractivity contribution in [2.45, 2.75) is 25.6 Å². The van der Waals surface area contributed by atoms with E-state index in [0.29, 0.717) is 13.2 Å². The fourth-order valence-electron chi connectivity index (χ4n) is 0.681. The summed E-state index contributed by atoms with van der Waals surface area (Å²) in [5.41, 5.74) is 5.27. The molecule has 0 heterocycles. The van der Waals surface area contributed by atoms with Crippen molar-refractivity contribution in [3.05, 3.63) is 0 Å². The van der Waals surface area contributed by atoms with Gasteiger partial charge in [-0.3, -0.25) is 0 Å². The van der Waals surface area contributed by atoms with Crippen LogP contribution >= 0.6 is 8.46 Å². The maximum atomic E-state index is 10.4. The van der Waals surface area contributed by atoms with Crippen molar-refractivity contribution in [1.82, 2.24) is 0 Å². The molecule has 4 heteroatoms. The van der Waals surface area contributed by atoms with Crippen molar-refractivity contribution in [3.8, 4) is 0 Å². The van der Waals surface area contributed by atoms with Gasteiger partial charge in [0, 0.05) is 13.0 Å². The van der Waals surface area contributed by atoms with Gasteiger partial charge < -0.3 is 10.5 Å². The fourth-order valence-corrected chi connectivity index (χ4v) is 1.24. The minimum atomic E-state index is -0.362. The van der Waals surface area contributed by atoms with Crippen molar-refractivity contribution < 1.29 is 9.30 Å². The molecule has 0 aromatic heterocycles. The first kappa shape index (κ1) is 10.0. The van der Waals surface area contributed by atoms with Crippen molar-refractivity contribution in [2.24, 2.45) is 5.73 Å². The van der Waals surface area contributed by atoms with Gasteiger partial charge in [-0.25, -0.2) is 0 Å². The molecule has 2 N–H and O–H groups in total. The van der Waals surface area contributed by atoms with E-state index in [4.69, 9.17) is 10.5 Å². The number of nitrogens with two attached hydrogens (primary N) is 1. The Morgan fingerprint density at radius 1 is 1.70 bits per heavy atom. The van der Waals surface area contributed by atoms with Crippen LogP contribution in [0.1, 0.15) is 19.8 Å². The Hall–Kier alpha value is 0.0200. The summed E-state index contributed by atoms with van der Waals surface area (Å²) >= 11 is 0. The second kappa shape index (κ2) is 7.13. The highest BCUT2D eigenvalue weighted by Gasteiger charge is 2.13. The highest BCUT2D eigenvalue weighted by atomic mass is 31.1. The van der Waals surface area contributed by atoms with Gasteiger partial charge in [-0.15, -0.1) is 0 Å². The minimum Gasteiger partial charge on any atom is -0.335 e. The zero-order valence-corrected chi connectivity index (χ0v) is 7.30. The molecule has 0 aliphatic carbocycles. The van der Waals surface area contributed by atoms with Crippen LogP contribution < -0.4 is 5.73 Å². The van der Waals surface area contributed by atoms with Gasteiger partial charge >= 0.3 is 8.46 Å². The lowest BCUT2D eigenvalue weighted by molar-refractivity contribution is 0.114. The van der Waals surface area contributed by atoms with Crippen molar-refractivity contribution in [1.29, 1.82) is 0 Å². The average molecular weight is 164 g/mol. The monoisotopic (exact) mass is 164 g/mol. The second-order valence-electron chi connectivity index (χ2n) is 1.99. The Morgan fingerprint density at radius 3 is 2.80 bits per heavy atom. The van der Waals surface area contributed by atoms with E-state index in [1.54, 1.807) is 0 Å². The van der Waals surface area contributed by atoms with Crippen LogP contribution in [0.15, 0.2) is 0 Å². The molecule has 0 radical (unpaired) electrons. The summed E-state index contributed by atoms with van der Waals surface area (Å²) in [5.74, 6) is -0.0893. The molecule has 10 heavy (non-hydrogen) atoms. The lowest BCUT2D eigenvalue weighted by Gasteiger charge is -2.01. The molecular weight excluding hydrogens is 149 g/mol. The molecule has 0 fully saturated rings. The Balaban J connectivity index is 3.29. The third-order valence-corrected chi connectivity index (χ3v) is 1.89. The third-order valence-electron chi connectivity index (χ3n) is 1.17. The molecule has 0 aromatic rings. The summed E-state index contributed by atoms with van der Waals surface area (Å²) in [6, 6.07) is 0. The number of ether oxygens (including phenoxy) is 1. The van der Waals surface area contributed by atoms with Crippen molar-refractivity contribution in [2.75, 3.05) is 13.2 Å². The first-order chi connectivity index (χ1) is 4.85. The Kier molecular flexibility index (Phi) is 7.15. The number of hydrogen-bond acceptors (Lipinski definition) is 3. The Labute approximate surface area is 63.1 Å². The van der Waals surface area contributed by atoms with Gasteiger partial charge in [-0.05, 0) is 19.9 Å². The maximum absolute atomic E-state index is 10.4. The van der Waals surface area contributed by atoms with Crippen LogP contribution in [0.2, 0.25) is 0 Å². The van der Waals surface area contributed by atoms with Crippen LogP contribution in [-0.4, -0.2) is 19.0 Å². The molecule has 0 aliphatic heterocycles. The first-order valence-electron chi connectivity index (χ1n) is 3.54. The molecule has 0 bridgehead atoms. The van der Waals surface area contributed by atoms with Gasteiger partial charge in [0.2, 0.25) is 0 Å². The van der Waals surface area contributed by atoms with E-state index >= 15 is 0 Å². The molecule has 0 saturated carbocycles. The molecule has 0 spiro atoms. The highest BCUT2D eigenvalue weighted by molar-refractivity contribution is 7.24. The molecule has 0 amide bonds. The quantitative estimate of drug-likeness (QED) is 0.598. The first-order valence-corrected chi connectivity index (χ1v) is 4.53. The van der Waals surface area contributed by atoms with Gasteiger partial charge in [-0.1, -0.05) is 4.57 Å². The molecule has 60 valence electrons. The van der Waals surface area contributed by atoms with E-state index in [1.165, 1.54) is 0 Å². The zero-order chi connectivity index (χ0) is 7.82. The van der Waals surface area contributed by atoms with Gasteiger partial charge in [0.05, 0.1) is 0 Å². The smallest absolute Gasteiger partial charge is 0.335 e. The number of hydrogen-bond donors (Lipinski definition) is 1. The summed E-state index contributed by atoms with van der Waals surface area (Å²) in [6.07, 6.45) is 1.70. The van der Waals surface area contributed by atoms with Crippen LogP contribution in [-0.2, 0) is 9.30 Å². The van der Waals surface area contributed by atoms with E-state index in [-0.39, 0.29) is 14.3 Å². The van der Waals surface area contributed by atoms with E-state index in [0.717, 1.165) is 12.8 Å². The van der Waals surface area contributed by atoms with Crippen LogP contribution in [0.4, 0.5) is 0 Å².